The molecule has 26 heavy (non-hydrogen) atoms. The molecule has 5 heteroatoms. The van der Waals surface area contributed by atoms with Crippen molar-refractivity contribution >= 4 is 16.8 Å². The number of carbonyl (C=O) groups excluding carboxylic acids is 1. The molecule has 0 saturated carbocycles. The number of hydrogen-bond acceptors (Lipinski definition) is 3. The summed E-state index contributed by atoms with van der Waals surface area (Å²) >= 11 is 0. The number of nitrogens with one attached hydrogen (secondary N) is 1. The van der Waals surface area contributed by atoms with Crippen LogP contribution in [0, 0.1) is 6.92 Å². The van der Waals surface area contributed by atoms with Crippen LogP contribution in [0.3, 0.4) is 0 Å². The smallest absolute Gasteiger partial charge is 0.257 e. The lowest BCUT2D eigenvalue weighted by Gasteiger charge is -2.13. The number of fused-ring (bicyclic) bond motifs is 1. The number of para-hydroxylation sites is 1. The second-order valence-corrected chi connectivity index (χ2v) is 6.17. The van der Waals surface area contributed by atoms with Gasteiger partial charge in [-0.05, 0) is 32.0 Å². The maximum Gasteiger partial charge on any atom is 0.257 e. The maximum absolute atomic E-state index is 12.8. The van der Waals surface area contributed by atoms with Crippen LogP contribution in [0.25, 0.3) is 10.9 Å². The van der Waals surface area contributed by atoms with Crippen molar-refractivity contribution in [2.24, 2.45) is 0 Å². The predicted molar refractivity (Wildman–Crippen MR) is 103 cm³/mol. The Balaban J connectivity index is 1.95. The zero-order valence-corrected chi connectivity index (χ0v) is 15.2. The summed E-state index contributed by atoms with van der Waals surface area (Å²) in [5.41, 5.74) is 2.59. The molecule has 0 aliphatic heterocycles. The van der Waals surface area contributed by atoms with Crippen LogP contribution in [0.15, 0.2) is 53.5 Å². The third-order valence-electron chi connectivity index (χ3n) is 4.45. The van der Waals surface area contributed by atoms with E-state index in [-0.39, 0.29) is 16.9 Å². The zero-order chi connectivity index (χ0) is 18.7. The molecule has 0 aliphatic rings. The molecular formula is C21H22N2O3. The van der Waals surface area contributed by atoms with Gasteiger partial charge in [0.1, 0.15) is 11.3 Å². The Bertz CT molecular complexity index is 1020. The van der Waals surface area contributed by atoms with E-state index < -0.39 is 0 Å². The molecule has 0 bridgehead atoms. The molecule has 1 heterocycles. The van der Waals surface area contributed by atoms with Crippen molar-refractivity contribution in [3.8, 4) is 5.75 Å². The standard InChI is InChI=1S/C21H22N2O3/c1-4-23-13-17(20(24)16-11-14(2)9-10-18(16)23)21(25)22-12-15-7-5-6-8-19(15)26-3/h5-11,13H,4,12H2,1-3H3,(H,22,25). The highest BCUT2D eigenvalue weighted by molar-refractivity contribution is 5.97. The summed E-state index contributed by atoms with van der Waals surface area (Å²) in [6.07, 6.45) is 1.64. The van der Waals surface area contributed by atoms with Crippen LogP contribution >= 0.6 is 0 Å². The lowest BCUT2D eigenvalue weighted by atomic mass is 10.1. The molecule has 5 nitrogen and oxygen atoms in total. The van der Waals surface area contributed by atoms with E-state index in [1.54, 1.807) is 13.3 Å². The number of carbonyl (C=O) groups is 1. The largest absolute Gasteiger partial charge is 0.496 e. The number of aromatic nitrogens is 1. The van der Waals surface area contributed by atoms with Crippen LogP contribution in [0.1, 0.15) is 28.4 Å². The number of rotatable bonds is 5. The summed E-state index contributed by atoms with van der Waals surface area (Å²) < 4.78 is 7.22. The fourth-order valence-corrected chi connectivity index (χ4v) is 3.05. The van der Waals surface area contributed by atoms with Crippen molar-refractivity contribution < 1.29 is 9.53 Å². The quantitative estimate of drug-likeness (QED) is 0.768. The van der Waals surface area contributed by atoms with Gasteiger partial charge in [-0.15, -0.1) is 0 Å². The first-order valence-corrected chi connectivity index (χ1v) is 8.59. The highest BCUT2D eigenvalue weighted by atomic mass is 16.5. The molecule has 1 amide bonds. The molecule has 1 aromatic heterocycles. The van der Waals surface area contributed by atoms with Crippen molar-refractivity contribution in [2.45, 2.75) is 26.9 Å². The Morgan fingerprint density at radius 3 is 2.69 bits per heavy atom. The highest BCUT2D eigenvalue weighted by Crippen LogP contribution is 2.17. The van der Waals surface area contributed by atoms with Gasteiger partial charge in [-0.2, -0.15) is 0 Å². The first kappa shape index (κ1) is 17.7. The van der Waals surface area contributed by atoms with Crippen molar-refractivity contribution in [3.05, 3.63) is 75.6 Å². The van der Waals surface area contributed by atoms with E-state index in [2.05, 4.69) is 5.32 Å². The van der Waals surface area contributed by atoms with Crippen molar-refractivity contribution in [1.82, 2.24) is 9.88 Å². The first-order valence-electron chi connectivity index (χ1n) is 8.59. The van der Waals surface area contributed by atoms with Crippen LogP contribution in [-0.4, -0.2) is 17.6 Å². The fraction of sp³-hybridized carbons (Fsp3) is 0.238. The fourth-order valence-electron chi connectivity index (χ4n) is 3.05. The summed E-state index contributed by atoms with van der Waals surface area (Å²) in [6, 6.07) is 13.2. The molecule has 0 atom stereocenters. The summed E-state index contributed by atoms with van der Waals surface area (Å²) in [7, 11) is 1.59. The SMILES string of the molecule is CCn1cc(C(=O)NCc2ccccc2OC)c(=O)c2cc(C)ccc21. The number of pyridine rings is 1. The molecule has 0 spiro atoms. The van der Waals surface area contributed by atoms with Crippen molar-refractivity contribution in [1.29, 1.82) is 0 Å². The molecule has 3 rings (SSSR count). The van der Waals surface area contributed by atoms with Crippen LogP contribution in [0.2, 0.25) is 0 Å². The molecule has 3 aromatic rings. The van der Waals surface area contributed by atoms with Gasteiger partial charge in [0.15, 0.2) is 0 Å². The van der Waals surface area contributed by atoms with Gasteiger partial charge in [0, 0.05) is 30.2 Å². The van der Waals surface area contributed by atoms with Gasteiger partial charge in [-0.1, -0.05) is 29.8 Å². The molecule has 0 radical (unpaired) electrons. The summed E-state index contributed by atoms with van der Waals surface area (Å²) in [4.78, 5) is 25.5. The molecule has 0 saturated heterocycles. The van der Waals surface area contributed by atoms with E-state index in [0.717, 1.165) is 16.6 Å². The molecule has 134 valence electrons. The van der Waals surface area contributed by atoms with Crippen LogP contribution in [0.4, 0.5) is 0 Å². The molecule has 2 aromatic carbocycles. The third kappa shape index (κ3) is 3.33. The van der Waals surface area contributed by atoms with Gasteiger partial charge in [0.05, 0.1) is 12.6 Å². The second kappa shape index (κ2) is 7.44. The van der Waals surface area contributed by atoms with Gasteiger partial charge in [0.25, 0.3) is 5.91 Å². The van der Waals surface area contributed by atoms with E-state index in [0.29, 0.717) is 24.2 Å². The average Bonchev–Trinajstić information content (AvgIpc) is 2.67. The van der Waals surface area contributed by atoms with Crippen molar-refractivity contribution in [2.75, 3.05) is 7.11 Å². The van der Waals surface area contributed by atoms with Crippen molar-refractivity contribution in [3.63, 3.8) is 0 Å². The van der Waals surface area contributed by atoms with E-state index in [4.69, 9.17) is 4.74 Å². The number of amides is 1. The Labute approximate surface area is 152 Å². The van der Waals surface area contributed by atoms with Gasteiger partial charge in [0.2, 0.25) is 5.43 Å². The summed E-state index contributed by atoms with van der Waals surface area (Å²) in [6.45, 7) is 4.89. The number of aryl methyl sites for hydroxylation is 2. The van der Waals surface area contributed by atoms with Gasteiger partial charge >= 0.3 is 0 Å². The Hall–Kier alpha value is -3.08. The molecule has 0 unspecified atom stereocenters. The van der Waals surface area contributed by atoms with Gasteiger partial charge in [-0.25, -0.2) is 0 Å². The predicted octanol–water partition coefficient (Wildman–Crippen LogP) is 3.27. The minimum atomic E-state index is -0.383. The van der Waals surface area contributed by atoms with E-state index >= 15 is 0 Å². The highest BCUT2D eigenvalue weighted by Gasteiger charge is 2.15. The van der Waals surface area contributed by atoms with Crippen LogP contribution in [0.5, 0.6) is 5.75 Å². The van der Waals surface area contributed by atoms with Gasteiger partial charge in [-0.3, -0.25) is 9.59 Å². The normalized spacial score (nSPS) is 10.7. The molecule has 1 N–H and O–H groups in total. The molecule has 0 fully saturated rings. The monoisotopic (exact) mass is 350 g/mol. The summed E-state index contributed by atoms with van der Waals surface area (Å²) in [5, 5.41) is 3.40. The van der Waals surface area contributed by atoms with Crippen LogP contribution < -0.4 is 15.5 Å². The molecular weight excluding hydrogens is 328 g/mol. The zero-order valence-electron chi connectivity index (χ0n) is 15.2. The molecule has 0 aliphatic carbocycles. The number of benzene rings is 2. The van der Waals surface area contributed by atoms with Gasteiger partial charge < -0.3 is 14.6 Å². The average molecular weight is 350 g/mol. The first-order chi connectivity index (χ1) is 12.5. The topological polar surface area (TPSA) is 60.3 Å². The second-order valence-electron chi connectivity index (χ2n) is 6.17. The lowest BCUT2D eigenvalue weighted by molar-refractivity contribution is 0.0949. The lowest BCUT2D eigenvalue weighted by Crippen LogP contribution is -2.29. The van der Waals surface area contributed by atoms with E-state index in [1.807, 2.05) is 60.9 Å². The van der Waals surface area contributed by atoms with Crippen LogP contribution in [-0.2, 0) is 13.1 Å². The maximum atomic E-state index is 12.8. The number of ether oxygens (including phenoxy) is 1. The minimum Gasteiger partial charge on any atom is -0.496 e. The Kier molecular flexibility index (Phi) is 5.07. The Morgan fingerprint density at radius 2 is 1.96 bits per heavy atom. The minimum absolute atomic E-state index is 0.153. The third-order valence-corrected chi connectivity index (χ3v) is 4.45. The number of nitrogens with zero attached hydrogens (tertiary/aromatic N) is 1. The summed E-state index contributed by atoms with van der Waals surface area (Å²) in [5.74, 6) is 0.319. The van der Waals surface area contributed by atoms with E-state index in [9.17, 15) is 9.59 Å². The number of hydrogen-bond donors (Lipinski definition) is 1. The number of methoxy groups -OCH3 is 1. The Morgan fingerprint density at radius 1 is 1.19 bits per heavy atom. The van der Waals surface area contributed by atoms with E-state index in [1.165, 1.54) is 0 Å².